The SMILES string of the molecule is Brc1ccc(Br)c(-c2cc(Br)c(Br)c(Br)c2)c1. The normalized spacial score (nSPS) is 10.6. The van der Waals surface area contributed by atoms with Crippen molar-refractivity contribution in [3.05, 3.63) is 52.7 Å². The fourth-order valence-corrected chi connectivity index (χ4v) is 3.68. The van der Waals surface area contributed by atoms with Crippen LogP contribution in [0.25, 0.3) is 11.1 Å². The maximum absolute atomic E-state index is 3.57. The van der Waals surface area contributed by atoms with E-state index < -0.39 is 0 Å². The Morgan fingerprint density at radius 1 is 0.647 bits per heavy atom. The first-order chi connectivity index (χ1) is 7.99. The summed E-state index contributed by atoms with van der Waals surface area (Å²) in [5, 5.41) is 0. The third-order valence-corrected chi connectivity index (χ3v) is 6.58. The minimum absolute atomic E-state index is 1.02. The molecule has 0 saturated heterocycles. The molecule has 0 saturated carbocycles. The second-order valence-electron chi connectivity index (χ2n) is 3.38. The first-order valence-electron chi connectivity index (χ1n) is 4.59. The number of rotatable bonds is 1. The molecule has 0 heterocycles. The minimum atomic E-state index is 1.02. The maximum Gasteiger partial charge on any atom is 0.0459 e. The van der Waals surface area contributed by atoms with Crippen LogP contribution >= 0.6 is 79.6 Å². The number of hydrogen-bond acceptors (Lipinski definition) is 0. The largest absolute Gasteiger partial charge is 0.0508 e. The molecule has 0 amide bonds. The van der Waals surface area contributed by atoms with Gasteiger partial charge in [0.25, 0.3) is 0 Å². The predicted octanol–water partition coefficient (Wildman–Crippen LogP) is 7.17. The summed E-state index contributed by atoms with van der Waals surface area (Å²) in [4.78, 5) is 0. The number of halogens is 5. The van der Waals surface area contributed by atoms with Crippen molar-refractivity contribution in [2.75, 3.05) is 0 Å². The Hall–Kier alpha value is 0.840. The van der Waals surface area contributed by atoms with Gasteiger partial charge in [0.2, 0.25) is 0 Å². The summed E-state index contributed by atoms with van der Waals surface area (Å²) in [6, 6.07) is 10.3. The van der Waals surface area contributed by atoms with E-state index in [0.29, 0.717) is 0 Å². The summed E-state index contributed by atoms with van der Waals surface area (Å²) in [5.74, 6) is 0. The fourth-order valence-electron chi connectivity index (χ4n) is 1.43. The first kappa shape index (κ1) is 14.3. The van der Waals surface area contributed by atoms with Crippen molar-refractivity contribution in [3.8, 4) is 11.1 Å². The van der Waals surface area contributed by atoms with Crippen LogP contribution in [0.15, 0.2) is 52.7 Å². The van der Waals surface area contributed by atoms with Gasteiger partial charge in [-0.15, -0.1) is 0 Å². The van der Waals surface area contributed by atoms with Crippen LogP contribution in [-0.4, -0.2) is 0 Å². The molecular formula is C12H5Br5. The fraction of sp³-hybridized carbons (Fsp3) is 0. The molecule has 2 aromatic rings. The van der Waals surface area contributed by atoms with Crippen molar-refractivity contribution in [3.63, 3.8) is 0 Å². The Morgan fingerprint density at radius 2 is 1.24 bits per heavy atom. The zero-order valence-corrected chi connectivity index (χ0v) is 16.2. The van der Waals surface area contributed by atoms with Gasteiger partial charge in [0.1, 0.15) is 0 Å². The highest BCUT2D eigenvalue weighted by Gasteiger charge is 2.09. The van der Waals surface area contributed by atoms with Gasteiger partial charge in [0.05, 0.1) is 0 Å². The van der Waals surface area contributed by atoms with Gasteiger partial charge in [-0.2, -0.15) is 0 Å². The van der Waals surface area contributed by atoms with E-state index in [4.69, 9.17) is 0 Å². The average molecular weight is 549 g/mol. The lowest BCUT2D eigenvalue weighted by Gasteiger charge is -2.09. The minimum Gasteiger partial charge on any atom is -0.0508 e. The first-order valence-corrected chi connectivity index (χ1v) is 8.55. The molecule has 17 heavy (non-hydrogen) atoms. The summed E-state index contributed by atoms with van der Waals surface area (Å²) in [6.45, 7) is 0. The molecule has 0 fully saturated rings. The molecule has 0 bridgehead atoms. The quantitative estimate of drug-likeness (QED) is 0.332. The monoisotopic (exact) mass is 544 g/mol. The van der Waals surface area contributed by atoms with Gasteiger partial charge in [-0.1, -0.05) is 31.9 Å². The van der Waals surface area contributed by atoms with Gasteiger partial charge < -0.3 is 0 Å². The second-order valence-corrected chi connectivity index (χ2v) is 7.65. The van der Waals surface area contributed by atoms with Crippen LogP contribution in [0.1, 0.15) is 0 Å². The molecule has 88 valence electrons. The maximum atomic E-state index is 3.57. The smallest absolute Gasteiger partial charge is 0.0459 e. The van der Waals surface area contributed by atoms with Crippen molar-refractivity contribution in [2.24, 2.45) is 0 Å². The molecule has 0 radical (unpaired) electrons. The van der Waals surface area contributed by atoms with E-state index in [9.17, 15) is 0 Å². The molecule has 0 aromatic heterocycles. The molecule has 0 aliphatic carbocycles. The standard InChI is InChI=1S/C12H5Br5/c13-7-1-2-9(14)8(5-7)6-3-10(15)12(17)11(16)4-6/h1-5H. The number of benzene rings is 2. The van der Waals surface area contributed by atoms with E-state index in [1.807, 2.05) is 12.1 Å². The Bertz CT molecular complexity index is 554. The zero-order valence-electron chi connectivity index (χ0n) is 8.28. The second kappa shape index (κ2) is 5.87. The van der Waals surface area contributed by atoms with E-state index >= 15 is 0 Å². The highest BCUT2D eigenvalue weighted by atomic mass is 79.9. The van der Waals surface area contributed by atoms with E-state index in [1.54, 1.807) is 0 Å². The van der Waals surface area contributed by atoms with E-state index in [1.165, 1.54) is 0 Å². The van der Waals surface area contributed by atoms with Crippen molar-refractivity contribution in [1.29, 1.82) is 0 Å². The lowest BCUT2D eigenvalue weighted by atomic mass is 10.1. The van der Waals surface area contributed by atoms with Crippen molar-refractivity contribution in [1.82, 2.24) is 0 Å². The highest BCUT2D eigenvalue weighted by Crippen LogP contribution is 2.38. The molecule has 0 unspecified atom stereocenters. The topological polar surface area (TPSA) is 0 Å². The van der Waals surface area contributed by atoms with Crippen LogP contribution in [-0.2, 0) is 0 Å². The summed E-state index contributed by atoms with van der Waals surface area (Å²) in [7, 11) is 0. The van der Waals surface area contributed by atoms with Crippen LogP contribution in [0.3, 0.4) is 0 Å². The van der Waals surface area contributed by atoms with Gasteiger partial charge in [0.15, 0.2) is 0 Å². The van der Waals surface area contributed by atoms with Crippen LogP contribution < -0.4 is 0 Å². The van der Waals surface area contributed by atoms with Gasteiger partial charge in [-0.05, 0) is 89.2 Å². The molecule has 5 heteroatoms. The Labute approximate surface area is 142 Å². The Balaban J connectivity index is 2.64. The summed E-state index contributed by atoms with van der Waals surface area (Å²) in [5.41, 5.74) is 2.29. The molecule has 0 aliphatic heterocycles. The molecular weight excluding hydrogens is 544 g/mol. The third-order valence-electron chi connectivity index (χ3n) is 2.22. The Morgan fingerprint density at radius 3 is 1.82 bits per heavy atom. The predicted molar refractivity (Wildman–Crippen MR) is 90.4 cm³/mol. The number of hydrogen-bond donors (Lipinski definition) is 0. The zero-order chi connectivity index (χ0) is 12.6. The summed E-state index contributed by atoms with van der Waals surface area (Å²) in [6.07, 6.45) is 0. The van der Waals surface area contributed by atoms with Gasteiger partial charge >= 0.3 is 0 Å². The van der Waals surface area contributed by atoms with Gasteiger partial charge in [0, 0.05) is 22.4 Å². The summed E-state index contributed by atoms with van der Waals surface area (Å²) >= 11 is 17.6. The van der Waals surface area contributed by atoms with Gasteiger partial charge in [-0.3, -0.25) is 0 Å². The van der Waals surface area contributed by atoms with E-state index in [0.717, 1.165) is 33.5 Å². The lowest BCUT2D eigenvalue weighted by Crippen LogP contribution is -1.83. The van der Waals surface area contributed by atoms with Crippen molar-refractivity contribution in [2.45, 2.75) is 0 Å². The lowest BCUT2D eigenvalue weighted by molar-refractivity contribution is 1.50. The molecule has 0 nitrogen and oxygen atoms in total. The van der Waals surface area contributed by atoms with Crippen LogP contribution in [0.5, 0.6) is 0 Å². The highest BCUT2D eigenvalue weighted by molar-refractivity contribution is 9.14. The molecule has 2 aromatic carbocycles. The van der Waals surface area contributed by atoms with E-state index in [-0.39, 0.29) is 0 Å². The Kier molecular flexibility index (Phi) is 4.92. The van der Waals surface area contributed by atoms with Crippen LogP contribution in [0, 0.1) is 0 Å². The van der Waals surface area contributed by atoms with Crippen LogP contribution in [0.2, 0.25) is 0 Å². The molecule has 2 rings (SSSR count). The molecule has 0 spiro atoms. The molecule has 0 N–H and O–H groups in total. The molecule has 0 aliphatic rings. The van der Waals surface area contributed by atoms with Crippen LogP contribution in [0.4, 0.5) is 0 Å². The summed E-state index contributed by atoms with van der Waals surface area (Å²) < 4.78 is 5.20. The van der Waals surface area contributed by atoms with Crippen molar-refractivity contribution >= 4 is 79.6 Å². The third kappa shape index (κ3) is 3.24. The van der Waals surface area contributed by atoms with Crippen molar-refractivity contribution < 1.29 is 0 Å². The average Bonchev–Trinajstić information content (AvgIpc) is 2.28. The molecule has 0 atom stereocenters. The van der Waals surface area contributed by atoms with Gasteiger partial charge in [-0.25, -0.2) is 0 Å². The van der Waals surface area contributed by atoms with E-state index in [2.05, 4.69) is 97.8 Å².